The van der Waals surface area contributed by atoms with Crippen molar-refractivity contribution in [1.29, 1.82) is 0 Å². The number of hydrogen-bond donors (Lipinski definition) is 0. The van der Waals surface area contributed by atoms with Gasteiger partial charge in [-0.3, -0.25) is 0 Å². The van der Waals surface area contributed by atoms with Crippen molar-refractivity contribution in [3.8, 4) is 0 Å². The fourth-order valence-electron chi connectivity index (χ4n) is 0.447. The summed E-state index contributed by atoms with van der Waals surface area (Å²) in [6.07, 6.45) is 0. The van der Waals surface area contributed by atoms with Crippen LogP contribution >= 0.6 is 38.9 Å². The van der Waals surface area contributed by atoms with Crippen molar-refractivity contribution in [2.75, 3.05) is 0 Å². The van der Waals surface area contributed by atoms with Crippen LogP contribution in [0.4, 0.5) is 3.89 Å². The van der Waals surface area contributed by atoms with Crippen molar-refractivity contribution < 1.29 is 12.3 Å². The smallest absolute Gasteiger partial charge is 0.188 e. The molecular formula is C4HBrClFO2S2. The van der Waals surface area contributed by atoms with Gasteiger partial charge in [0, 0.05) is 4.47 Å². The third kappa shape index (κ3) is 2.14. The zero-order chi connectivity index (χ0) is 8.65. The Morgan fingerprint density at radius 1 is 1.64 bits per heavy atom. The molecule has 0 fully saturated rings. The van der Waals surface area contributed by atoms with E-state index in [1.54, 1.807) is 0 Å². The van der Waals surface area contributed by atoms with E-state index in [-0.39, 0.29) is 8.55 Å². The summed E-state index contributed by atoms with van der Waals surface area (Å²) in [4.78, 5) is 0. The number of hydrogen-bond acceptors (Lipinski definition) is 3. The highest BCUT2D eigenvalue weighted by Crippen LogP contribution is 2.35. The monoisotopic (exact) mass is 278 g/mol. The van der Waals surface area contributed by atoms with Crippen LogP contribution in [0.1, 0.15) is 0 Å². The summed E-state index contributed by atoms with van der Waals surface area (Å²) in [6.45, 7) is 0. The molecule has 0 aliphatic rings. The van der Waals surface area contributed by atoms with E-state index in [4.69, 9.17) is 11.6 Å². The molecule has 2 nitrogen and oxygen atoms in total. The number of thiophene rings is 1. The lowest BCUT2D eigenvalue weighted by molar-refractivity contribution is 0.554. The van der Waals surface area contributed by atoms with Gasteiger partial charge in [0.15, 0.2) is 4.21 Å². The van der Waals surface area contributed by atoms with Gasteiger partial charge in [-0.05, 0) is 22.0 Å². The van der Waals surface area contributed by atoms with Gasteiger partial charge in [0.2, 0.25) is 0 Å². The second-order valence-corrected chi connectivity index (χ2v) is 5.71. The third-order valence-electron chi connectivity index (χ3n) is 0.863. The summed E-state index contributed by atoms with van der Waals surface area (Å²) < 4.78 is 33.0. The Morgan fingerprint density at radius 2 is 2.18 bits per heavy atom. The van der Waals surface area contributed by atoms with Crippen LogP contribution in [0.3, 0.4) is 0 Å². The van der Waals surface area contributed by atoms with Crippen LogP contribution in [0.15, 0.2) is 14.7 Å². The SMILES string of the molecule is O=S(=O)(F)c1cc(Br)c(Cl)s1. The maximum Gasteiger partial charge on any atom is 0.341 e. The lowest BCUT2D eigenvalue weighted by atomic mass is 10.7. The van der Waals surface area contributed by atoms with Crippen LogP contribution < -0.4 is 0 Å². The Bertz CT molecular complexity index is 352. The van der Waals surface area contributed by atoms with Crippen LogP contribution in [-0.2, 0) is 10.2 Å². The predicted molar refractivity (Wildman–Crippen MR) is 45.3 cm³/mol. The minimum Gasteiger partial charge on any atom is -0.188 e. The van der Waals surface area contributed by atoms with Crippen molar-refractivity contribution in [2.24, 2.45) is 0 Å². The molecule has 0 aliphatic heterocycles. The van der Waals surface area contributed by atoms with Gasteiger partial charge in [0.1, 0.15) is 4.34 Å². The van der Waals surface area contributed by atoms with E-state index in [0.29, 0.717) is 15.8 Å². The van der Waals surface area contributed by atoms with E-state index in [1.807, 2.05) is 0 Å². The summed E-state index contributed by atoms with van der Waals surface area (Å²) in [5, 5.41) is 0. The molecule has 11 heavy (non-hydrogen) atoms. The zero-order valence-corrected chi connectivity index (χ0v) is 8.82. The van der Waals surface area contributed by atoms with E-state index in [2.05, 4.69) is 15.9 Å². The number of halogens is 3. The normalized spacial score (nSPS) is 11.9. The summed E-state index contributed by atoms with van der Waals surface area (Å²) in [6, 6.07) is 1.13. The first kappa shape index (κ1) is 9.44. The molecule has 0 unspecified atom stereocenters. The molecule has 0 N–H and O–H groups in total. The molecule has 0 radical (unpaired) electrons. The standard InChI is InChI=1S/C4HBrClFO2S2/c5-2-1-3(10-4(2)6)11(7,8)9/h1H. The molecule has 0 aliphatic carbocycles. The van der Waals surface area contributed by atoms with Crippen molar-refractivity contribution >= 4 is 49.1 Å². The van der Waals surface area contributed by atoms with E-state index in [0.717, 1.165) is 6.07 Å². The van der Waals surface area contributed by atoms with Gasteiger partial charge >= 0.3 is 10.2 Å². The molecule has 7 heteroatoms. The van der Waals surface area contributed by atoms with E-state index in [1.165, 1.54) is 0 Å². The van der Waals surface area contributed by atoms with E-state index >= 15 is 0 Å². The maximum atomic E-state index is 12.2. The highest BCUT2D eigenvalue weighted by atomic mass is 79.9. The molecule has 0 spiro atoms. The second kappa shape index (κ2) is 3.01. The van der Waals surface area contributed by atoms with Gasteiger partial charge in [-0.2, -0.15) is 8.42 Å². The van der Waals surface area contributed by atoms with Crippen molar-refractivity contribution in [3.05, 3.63) is 14.9 Å². The summed E-state index contributed by atoms with van der Waals surface area (Å²) in [5.41, 5.74) is 0. The quantitative estimate of drug-likeness (QED) is 0.741. The van der Waals surface area contributed by atoms with Crippen LogP contribution in [0.25, 0.3) is 0 Å². The van der Waals surface area contributed by atoms with Crippen molar-refractivity contribution in [2.45, 2.75) is 4.21 Å². The fourth-order valence-corrected chi connectivity index (χ4v) is 3.08. The highest BCUT2D eigenvalue weighted by Gasteiger charge is 2.16. The van der Waals surface area contributed by atoms with Crippen LogP contribution in [0, 0.1) is 0 Å². The first-order chi connectivity index (χ1) is 4.91. The van der Waals surface area contributed by atoms with Gasteiger partial charge < -0.3 is 0 Å². The van der Waals surface area contributed by atoms with Crippen molar-refractivity contribution in [1.82, 2.24) is 0 Å². The molecule has 1 rings (SSSR count). The maximum absolute atomic E-state index is 12.2. The van der Waals surface area contributed by atoms with Gasteiger partial charge in [-0.15, -0.1) is 11.3 Å². The summed E-state index contributed by atoms with van der Waals surface area (Å²) in [5.74, 6) is 0. The van der Waals surface area contributed by atoms with Crippen LogP contribution in [0.5, 0.6) is 0 Å². The van der Waals surface area contributed by atoms with Gasteiger partial charge in [-0.1, -0.05) is 15.5 Å². The number of rotatable bonds is 1. The van der Waals surface area contributed by atoms with E-state index < -0.39 is 10.2 Å². The molecule has 1 aromatic heterocycles. The second-order valence-electron chi connectivity index (χ2n) is 1.62. The summed E-state index contributed by atoms with van der Waals surface area (Å²) >= 11 is 9.11. The largest absolute Gasteiger partial charge is 0.341 e. The lowest BCUT2D eigenvalue weighted by Crippen LogP contribution is -1.85. The Hall–Kier alpha value is 0.350. The molecule has 1 aromatic rings. The third-order valence-corrected chi connectivity index (χ3v) is 4.58. The molecule has 0 saturated heterocycles. The molecule has 0 atom stereocenters. The predicted octanol–water partition coefficient (Wildman–Crippen LogP) is 2.82. The zero-order valence-electron chi connectivity index (χ0n) is 4.84. The summed E-state index contributed by atoms with van der Waals surface area (Å²) in [7, 11) is -4.60. The first-order valence-corrected chi connectivity index (χ1v) is 5.68. The van der Waals surface area contributed by atoms with E-state index in [9.17, 15) is 12.3 Å². The molecular weight excluding hydrogens is 279 g/mol. The Balaban J connectivity index is 3.29. The van der Waals surface area contributed by atoms with Gasteiger partial charge in [0.25, 0.3) is 0 Å². The fraction of sp³-hybridized carbons (Fsp3) is 0. The molecule has 0 bridgehead atoms. The average molecular weight is 280 g/mol. The van der Waals surface area contributed by atoms with Crippen LogP contribution in [-0.4, -0.2) is 8.42 Å². The Labute approximate surface area is 80.3 Å². The molecule has 0 aromatic carbocycles. The minimum atomic E-state index is -4.60. The molecule has 1 heterocycles. The van der Waals surface area contributed by atoms with Crippen molar-refractivity contribution in [3.63, 3.8) is 0 Å². The first-order valence-electron chi connectivity index (χ1n) is 2.31. The highest BCUT2D eigenvalue weighted by molar-refractivity contribution is 9.10. The Morgan fingerprint density at radius 3 is 2.36 bits per heavy atom. The lowest BCUT2D eigenvalue weighted by Gasteiger charge is -1.81. The molecule has 62 valence electrons. The van der Waals surface area contributed by atoms with Gasteiger partial charge in [0.05, 0.1) is 0 Å². The molecule has 0 amide bonds. The minimum absolute atomic E-state index is 0.223. The average Bonchev–Trinajstić information content (AvgIpc) is 2.11. The van der Waals surface area contributed by atoms with Crippen LogP contribution in [0.2, 0.25) is 4.34 Å². The molecule has 0 saturated carbocycles. The topological polar surface area (TPSA) is 34.1 Å². The Kier molecular flexibility index (Phi) is 2.58. The van der Waals surface area contributed by atoms with Gasteiger partial charge in [-0.25, -0.2) is 0 Å².